The largest absolute Gasteiger partial charge is 0.497 e. The standard InChI is InChI=1S/C17H24N2O2/c1-7-18-13-10-15(17(2,3)4)19-16-12(13)8-11(20-5)9-14(16)21-6/h8-10H,7H2,1-6H3,(H,18,19). The molecule has 1 aromatic heterocycles. The van der Waals surface area contributed by atoms with Crippen molar-refractivity contribution in [3.8, 4) is 11.5 Å². The normalized spacial score (nSPS) is 11.5. The quantitative estimate of drug-likeness (QED) is 0.924. The number of hydrogen-bond donors (Lipinski definition) is 1. The Kier molecular flexibility index (Phi) is 4.26. The number of hydrogen-bond acceptors (Lipinski definition) is 4. The number of aromatic nitrogens is 1. The van der Waals surface area contributed by atoms with Gasteiger partial charge in [-0.25, -0.2) is 4.98 Å². The molecule has 2 aromatic rings. The van der Waals surface area contributed by atoms with Gasteiger partial charge in [-0.1, -0.05) is 20.8 Å². The molecule has 4 heteroatoms. The topological polar surface area (TPSA) is 43.4 Å². The molecule has 0 saturated heterocycles. The maximum absolute atomic E-state index is 5.50. The molecule has 21 heavy (non-hydrogen) atoms. The van der Waals surface area contributed by atoms with E-state index in [4.69, 9.17) is 14.5 Å². The second kappa shape index (κ2) is 5.80. The summed E-state index contributed by atoms with van der Waals surface area (Å²) >= 11 is 0. The van der Waals surface area contributed by atoms with Crippen molar-refractivity contribution in [2.45, 2.75) is 33.1 Å². The van der Waals surface area contributed by atoms with Crippen LogP contribution in [0, 0.1) is 0 Å². The van der Waals surface area contributed by atoms with Crippen LogP contribution in [0.2, 0.25) is 0 Å². The Morgan fingerprint density at radius 1 is 1.10 bits per heavy atom. The van der Waals surface area contributed by atoms with Crippen LogP contribution in [0.25, 0.3) is 10.9 Å². The molecule has 1 heterocycles. The lowest BCUT2D eigenvalue weighted by Crippen LogP contribution is -2.14. The molecule has 1 aromatic carbocycles. The average molecular weight is 288 g/mol. The lowest BCUT2D eigenvalue weighted by Gasteiger charge is -2.21. The van der Waals surface area contributed by atoms with Crippen LogP contribution >= 0.6 is 0 Å². The van der Waals surface area contributed by atoms with Crippen molar-refractivity contribution in [1.29, 1.82) is 0 Å². The fourth-order valence-corrected chi connectivity index (χ4v) is 2.26. The van der Waals surface area contributed by atoms with Gasteiger partial charge in [-0.3, -0.25) is 0 Å². The summed E-state index contributed by atoms with van der Waals surface area (Å²) in [4.78, 5) is 4.82. The second-order valence-electron chi connectivity index (χ2n) is 6.06. The van der Waals surface area contributed by atoms with Gasteiger partial charge in [-0.05, 0) is 19.1 Å². The molecule has 114 valence electrons. The predicted molar refractivity (Wildman–Crippen MR) is 87.7 cm³/mol. The summed E-state index contributed by atoms with van der Waals surface area (Å²) in [6.45, 7) is 9.41. The fraction of sp³-hybridized carbons (Fsp3) is 0.471. The highest BCUT2D eigenvalue weighted by atomic mass is 16.5. The third kappa shape index (κ3) is 3.04. The van der Waals surface area contributed by atoms with E-state index in [1.54, 1.807) is 14.2 Å². The zero-order valence-electron chi connectivity index (χ0n) is 13.7. The molecule has 0 fully saturated rings. The minimum atomic E-state index is -0.0245. The van der Waals surface area contributed by atoms with Crippen LogP contribution in [0.3, 0.4) is 0 Å². The van der Waals surface area contributed by atoms with Gasteiger partial charge in [0.2, 0.25) is 0 Å². The number of fused-ring (bicyclic) bond motifs is 1. The van der Waals surface area contributed by atoms with E-state index in [0.717, 1.165) is 40.3 Å². The number of methoxy groups -OCH3 is 2. The van der Waals surface area contributed by atoms with Crippen LogP contribution in [-0.2, 0) is 5.41 Å². The molecule has 0 unspecified atom stereocenters. The van der Waals surface area contributed by atoms with Crippen LogP contribution < -0.4 is 14.8 Å². The van der Waals surface area contributed by atoms with Crippen molar-refractivity contribution in [2.75, 3.05) is 26.1 Å². The molecule has 0 aliphatic heterocycles. The summed E-state index contributed by atoms with van der Waals surface area (Å²) < 4.78 is 10.9. The van der Waals surface area contributed by atoms with E-state index in [1.807, 2.05) is 12.1 Å². The predicted octanol–water partition coefficient (Wildman–Crippen LogP) is 3.98. The fourth-order valence-electron chi connectivity index (χ4n) is 2.26. The first kappa shape index (κ1) is 15.4. The minimum Gasteiger partial charge on any atom is -0.497 e. The smallest absolute Gasteiger partial charge is 0.148 e. The first-order valence-corrected chi connectivity index (χ1v) is 7.21. The number of pyridine rings is 1. The van der Waals surface area contributed by atoms with Crippen LogP contribution in [-0.4, -0.2) is 25.7 Å². The molecule has 0 atom stereocenters. The van der Waals surface area contributed by atoms with Gasteiger partial charge in [0.05, 0.1) is 14.2 Å². The summed E-state index contributed by atoms with van der Waals surface area (Å²) in [5, 5.41) is 4.43. The van der Waals surface area contributed by atoms with E-state index >= 15 is 0 Å². The lowest BCUT2D eigenvalue weighted by atomic mass is 9.90. The number of rotatable bonds is 4. The summed E-state index contributed by atoms with van der Waals surface area (Å²) in [5.41, 5.74) is 2.93. The highest BCUT2D eigenvalue weighted by Gasteiger charge is 2.20. The number of nitrogens with one attached hydrogen (secondary N) is 1. The molecule has 0 spiro atoms. The maximum Gasteiger partial charge on any atom is 0.148 e. The van der Waals surface area contributed by atoms with Crippen molar-refractivity contribution in [3.63, 3.8) is 0 Å². The van der Waals surface area contributed by atoms with Crippen molar-refractivity contribution in [3.05, 3.63) is 23.9 Å². The molecule has 0 bridgehead atoms. The first-order chi connectivity index (χ1) is 9.90. The Balaban J connectivity index is 2.81. The number of benzene rings is 1. The highest BCUT2D eigenvalue weighted by molar-refractivity contribution is 5.96. The second-order valence-corrected chi connectivity index (χ2v) is 6.06. The van der Waals surface area contributed by atoms with Gasteiger partial charge in [0.25, 0.3) is 0 Å². The van der Waals surface area contributed by atoms with Crippen LogP contribution in [0.5, 0.6) is 11.5 Å². The number of nitrogens with zero attached hydrogens (tertiary/aromatic N) is 1. The van der Waals surface area contributed by atoms with Gasteiger partial charge in [-0.2, -0.15) is 0 Å². The Labute approximate surface area is 126 Å². The lowest BCUT2D eigenvalue weighted by molar-refractivity contribution is 0.397. The molecule has 1 N–H and O–H groups in total. The summed E-state index contributed by atoms with van der Waals surface area (Å²) in [6.07, 6.45) is 0. The Morgan fingerprint density at radius 3 is 2.33 bits per heavy atom. The molecular weight excluding hydrogens is 264 g/mol. The molecule has 2 rings (SSSR count). The third-order valence-electron chi connectivity index (χ3n) is 3.44. The van der Waals surface area contributed by atoms with Crippen LogP contribution in [0.4, 0.5) is 5.69 Å². The van der Waals surface area contributed by atoms with E-state index in [9.17, 15) is 0 Å². The summed E-state index contributed by atoms with van der Waals surface area (Å²) in [7, 11) is 3.32. The number of ether oxygens (including phenoxy) is 2. The molecule has 4 nitrogen and oxygen atoms in total. The maximum atomic E-state index is 5.50. The summed E-state index contributed by atoms with van der Waals surface area (Å²) in [6, 6.07) is 5.98. The van der Waals surface area contributed by atoms with Crippen molar-refractivity contribution < 1.29 is 9.47 Å². The van der Waals surface area contributed by atoms with E-state index in [-0.39, 0.29) is 5.41 Å². The molecule has 0 aliphatic rings. The molecule has 0 aliphatic carbocycles. The minimum absolute atomic E-state index is 0.0245. The Hall–Kier alpha value is -1.97. The first-order valence-electron chi connectivity index (χ1n) is 7.21. The average Bonchev–Trinajstić information content (AvgIpc) is 2.45. The molecule has 0 radical (unpaired) electrons. The van der Waals surface area contributed by atoms with Gasteiger partial charge >= 0.3 is 0 Å². The molecule has 0 amide bonds. The third-order valence-corrected chi connectivity index (χ3v) is 3.44. The Morgan fingerprint density at radius 2 is 1.81 bits per heavy atom. The van der Waals surface area contributed by atoms with Crippen LogP contribution in [0.1, 0.15) is 33.4 Å². The molecule has 0 saturated carbocycles. The van der Waals surface area contributed by atoms with Crippen molar-refractivity contribution in [2.24, 2.45) is 0 Å². The van der Waals surface area contributed by atoms with E-state index < -0.39 is 0 Å². The van der Waals surface area contributed by atoms with Gasteiger partial charge in [0.1, 0.15) is 17.0 Å². The van der Waals surface area contributed by atoms with E-state index in [0.29, 0.717) is 0 Å². The zero-order valence-corrected chi connectivity index (χ0v) is 13.7. The summed E-state index contributed by atoms with van der Waals surface area (Å²) in [5.74, 6) is 1.50. The van der Waals surface area contributed by atoms with Gasteiger partial charge < -0.3 is 14.8 Å². The zero-order chi connectivity index (χ0) is 15.6. The van der Waals surface area contributed by atoms with E-state index in [2.05, 4.69) is 39.1 Å². The van der Waals surface area contributed by atoms with Crippen LogP contribution in [0.15, 0.2) is 18.2 Å². The highest BCUT2D eigenvalue weighted by Crippen LogP contribution is 2.36. The van der Waals surface area contributed by atoms with Crippen molar-refractivity contribution >= 4 is 16.6 Å². The van der Waals surface area contributed by atoms with Gasteiger partial charge in [-0.15, -0.1) is 0 Å². The van der Waals surface area contributed by atoms with Gasteiger partial charge in [0, 0.05) is 34.8 Å². The SMILES string of the molecule is CCNc1cc(C(C)(C)C)nc2c(OC)cc(OC)cc12. The van der Waals surface area contributed by atoms with Crippen molar-refractivity contribution in [1.82, 2.24) is 4.98 Å². The molecular formula is C17H24N2O2. The van der Waals surface area contributed by atoms with Gasteiger partial charge in [0.15, 0.2) is 0 Å². The number of anilines is 1. The Bertz CT molecular complexity index is 645. The van der Waals surface area contributed by atoms with E-state index in [1.165, 1.54) is 0 Å². The monoisotopic (exact) mass is 288 g/mol.